The van der Waals surface area contributed by atoms with Crippen molar-refractivity contribution in [2.75, 3.05) is 26.2 Å². The van der Waals surface area contributed by atoms with E-state index in [1.165, 1.54) is 4.68 Å². The van der Waals surface area contributed by atoms with Crippen LogP contribution in [0, 0.1) is 0 Å². The van der Waals surface area contributed by atoms with E-state index in [1.54, 1.807) is 12.3 Å². The van der Waals surface area contributed by atoms with E-state index in [2.05, 4.69) is 15.3 Å². The Kier molecular flexibility index (Phi) is 5.34. The summed E-state index contributed by atoms with van der Waals surface area (Å²) in [4.78, 5) is 26.8. The number of nitrogens with one attached hydrogen (secondary N) is 1. The summed E-state index contributed by atoms with van der Waals surface area (Å²) in [7, 11) is 0. The number of benzene rings is 2. The number of para-hydroxylation sites is 1. The van der Waals surface area contributed by atoms with Gasteiger partial charge in [0.25, 0.3) is 5.56 Å². The lowest BCUT2D eigenvalue weighted by molar-refractivity contribution is -0.122. The number of fused-ring (bicyclic) bond motifs is 2. The van der Waals surface area contributed by atoms with Gasteiger partial charge in [-0.25, -0.2) is 4.68 Å². The Morgan fingerprint density at radius 1 is 1.14 bits per heavy atom. The highest BCUT2D eigenvalue weighted by molar-refractivity contribution is 5.80. The van der Waals surface area contributed by atoms with Gasteiger partial charge in [0.2, 0.25) is 5.91 Å². The molecule has 2 heterocycles. The van der Waals surface area contributed by atoms with Gasteiger partial charge < -0.3 is 10.1 Å². The number of carbonyl (C=O) groups is 1. The molecule has 1 N–H and O–H groups in total. The van der Waals surface area contributed by atoms with E-state index in [9.17, 15) is 9.59 Å². The highest BCUT2D eigenvalue weighted by atomic mass is 16.5. The number of carbonyl (C=O) groups excluding carboxylic acids is 1. The second kappa shape index (κ2) is 8.22. The number of aromatic nitrogens is 2. The molecule has 0 radical (unpaired) electrons. The summed E-state index contributed by atoms with van der Waals surface area (Å²) >= 11 is 0. The van der Waals surface area contributed by atoms with E-state index in [0.29, 0.717) is 38.2 Å². The molecule has 1 amide bonds. The summed E-state index contributed by atoms with van der Waals surface area (Å²) in [6.07, 6.45) is 1.67. The minimum Gasteiger partial charge on any atom is -0.492 e. The van der Waals surface area contributed by atoms with Crippen LogP contribution in [0.15, 0.2) is 59.5 Å². The lowest BCUT2D eigenvalue weighted by Gasteiger charge is -2.18. The summed E-state index contributed by atoms with van der Waals surface area (Å²) < 4.78 is 7.12. The molecule has 7 heteroatoms. The Morgan fingerprint density at radius 3 is 2.89 bits per heavy atom. The van der Waals surface area contributed by atoms with E-state index in [0.717, 1.165) is 16.7 Å². The quantitative estimate of drug-likeness (QED) is 0.726. The standard InChI is InChI=1S/C21H22N4O3/c26-20(15-24-11-12-28-19-8-4-2-6-17(19)14-24)22-9-10-25-21(27)18-7-3-1-5-16(18)13-23-25/h1-8,13H,9-12,14-15H2,(H,22,26). The Labute approximate surface area is 162 Å². The number of amides is 1. The maximum Gasteiger partial charge on any atom is 0.274 e. The zero-order chi connectivity index (χ0) is 19.3. The molecule has 28 heavy (non-hydrogen) atoms. The molecular formula is C21H22N4O3. The molecule has 0 fully saturated rings. The molecule has 2 aromatic carbocycles. The van der Waals surface area contributed by atoms with Crippen LogP contribution in [0.4, 0.5) is 0 Å². The van der Waals surface area contributed by atoms with Crippen LogP contribution in [-0.4, -0.2) is 46.8 Å². The number of rotatable bonds is 5. The smallest absolute Gasteiger partial charge is 0.274 e. The van der Waals surface area contributed by atoms with Gasteiger partial charge >= 0.3 is 0 Å². The van der Waals surface area contributed by atoms with Crippen LogP contribution in [0.5, 0.6) is 5.75 Å². The predicted molar refractivity (Wildman–Crippen MR) is 106 cm³/mol. The molecular weight excluding hydrogens is 356 g/mol. The second-order valence-electron chi connectivity index (χ2n) is 6.78. The van der Waals surface area contributed by atoms with Crippen molar-refractivity contribution in [1.82, 2.24) is 20.0 Å². The van der Waals surface area contributed by atoms with Gasteiger partial charge in [0.05, 0.1) is 24.7 Å². The van der Waals surface area contributed by atoms with Crippen molar-refractivity contribution in [3.05, 3.63) is 70.6 Å². The highest BCUT2D eigenvalue weighted by Crippen LogP contribution is 2.22. The van der Waals surface area contributed by atoms with Crippen molar-refractivity contribution in [3.63, 3.8) is 0 Å². The topological polar surface area (TPSA) is 76.5 Å². The van der Waals surface area contributed by atoms with Gasteiger partial charge in [-0.15, -0.1) is 0 Å². The van der Waals surface area contributed by atoms with Gasteiger partial charge in [0.1, 0.15) is 12.4 Å². The zero-order valence-electron chi connectivity index (χ0n) is 15.5. The maximum atomic E-state index is 12.4. The third kappa shape index (κ3) is 4.04. The van der Waals surface area contributed by atoms with E-state index < -0.39 is 0 Å². The minimum atomic E-state index is -0.145. The molecule has 1 aliphatic rings. The van der Waals surface area contributed by atoms with E-state index >= 15 is 0 Å². The first-order valence-corrected chi connectivity index (χ1v) is 9.35. The first-order chi connectivity index (χ1) is 13.7. The lowest BCUT2D eigenvalue weighted by atomic mass is 10.2. The van der Waals surface area contributed by atoms with Crippen molar-refractivity contribution in [3.8, 4) is 5.75 Å². The fourth-order valence-corrected chi connectivity index (χ4v) is 3.36. The van der Waals surface area contributed by atoms with Gasteiger partial charge in [-0.2, -0.15) is 5.10 Å². The average Bonchev–Trinajstić information content (AvgIpc) is 2.91. The minimum absolute atomic E-state index is 0.0757. The van der Waals surface area contributed by atoms with Crippen LogP contribution in [0.25, 0.3) is 10.8 Å². The van der Waals surface area contributed by atoms with Crippen LogP contribution < -0.4 is 15.6 Å². The van der Waals surface area contributed by atoms with Gasteiger partial charge in [-0.3, -0.25) is 14.5 Å². The summed E-state index contributed by atoms with van der Waals surface area (Å²) in [5.74, 6) is 0.806. The van der Waals surface area contributed by atoms with Crippen LogP contribution in [0.3, 0.4) is 0 Å². The van der Waals surface area contributed by atoms with E-state index in [1.807, 2.05) is 42.5 Å². The first-order valence-electron chi connectivity index (χ1n) is 9.35. The van der Waals surface area contributed by atoms with Gasteiger partial charge in [-0.1, -0.05) is 36.4 Å². The fraction of sp³-hybridized carbons (Fsp3) is 0.286. The molecule has 0 unspecified atom stereocenters. The lowest BCUT2D eigenvalue weighted by Crippen LogP contribution is -2.39. The van der Waals surface area contributed by atoms with Crippen molar-refractivity contribution in [2.45, 2.75) is 13.1 Å². The predicted octanol–water partition coefficient (Wildman–Crippen LogP) is 1.41. The average molecular weight is 378 g/mol. The Morgan fingerprint density at radius 2 is 1.96 bits per heavy atom. The third-order valence-electron chi connectivity index (χ3n) is 4.81. The molecule has 0 saturated heterocycles. The van der Waals surface area contributed by atoms with Crippen molar-refractivity contribution < 1.29 is 9.53 Å². The summed E-state index contributed by atoms with van der Waals surface area (Å²) in [5.41, 5.74) is 0.938. The van der Waals surface area contributed by atoms with Crippen molar-refractivity contribution >= 4 is 16.7 Å². The second-order valence-corrected chi connectivity index (χ2v) is 6.78. The molecule has 0 saturated carbocycles. The number of nitrogens with zero attached hydrogens (tertiary/aromatic N) is 3. The first kappa shape index (κ1) is 18.2. The van der Waals surface area contributed by atoms with Gasteiger partial charge in [-0.05, 0) is 12.1 Å². The molecule has 3 aromatic rings. The molecule has 0 aliphatic carbocycles. The normalized spacial score (nSPS) is 14.1. The zero-order valence-corrected chi connectivity index (χ0v) is 15.5. The largest absolute Gasteiger partial charge is 0.492 e. The molecule has 0 bridgehead atoms. The fourth-order valence-electron chi connectivity index (χ4n) is 3.36. The Bertz CT molecular complexity index is 1050. The van der Waals surface area contributed by atoms with Crippen LogP contribution in [-0.2, 0) is 17.9 Å². The molecule has 7 nitrogen and oxygen atoms in total. The van der Waals surface area contributed by atoms with Crippen LogP contribution >= 0.6 is 0 Å². The molecule has 1 aliphatic heterocycles. The monoisotopic (exact) mass is 378 g/mol. The van der Waals surface area contributed by atoms with Crippen molar-refractivity contribution in [1.29, 1.82) is 0 Å². The van der Waals surface area contributed by atoms with E-state index in [4.69, 9.17) is 4.74 Å². The molecule has 0 atom stereocenters. The summed E-state index contributed by atoms with van der Waals surface area (Å²) in [5, 5.41) is 8.51. The van der Waals surface area contributed by atoms with E-state index in [-0.39, 0.29) is 18.0 Å². The molecule has 144 valence electrons. The SMILES string of the molecule is O=C(CN1CCOc2ccccc2C1)NCCn1ncc2ccccc2c1=O. The number of hydrogen-bond acceptors (Lipinski definition) is 5. The Balaban J connectivity index is 1.32. The van der Waals surface area contributed by atoms with Gasteiger partial charge in [0.15, 0.2) is 0 Å². The van der Waals surface area contributed by atoms with Crippen LogP contribution in [0.2, 0.25) is 0 Å². The summed E-state index contributed by atoms with van der Waals surface area (Å²) in [6.45, 7) is 2.90. The molecule has 4 rings (SSSR count). The molecule has 1 aromatic heterocycles. The Hall–Kier alpha value is -3.19. The third-order valence-corrected chi connectivity index (χ3v) is 4.81. The maximum absolute atomic E-state index is 12.4. The van der Waals surface area contributed by atoms with Gasteiger partial charge in [0, 0.05) is 30.6 Å². The molecule has 0 spiro atoms. The number of hydrogen-bond donors (Lipinski definition) is 1. The van der Waals surface area contributed by atoms with Crippen LogP contribution in [0.1, 0.15) is 5.56 Å². The highest BCUT2D eigenvalue weighted by Gasteiger charge is 2.17. The van der Waals surface area contributed by atoms with Crippen molar-refractivity contribution in [2.24, 2.45) is 0 Å². The summed E-state index contributed by atoms with van der Waals surface area (Å²) in [6, 6.07) is 15.2. The number of ether oxygens (including phenoxy) is 1.